The smallest absolute Gasteiger partial charge is 0.156 e. The molecule has 0 amide bonds. The maximum atomic E-state index is 11.7. The van der Waals surface area contributed by atoms with Crippen molar-refractivity contribution in [1.29, 1.82) is 0 Å². The van der Waals surface area contributed by atoms with Crippen LogP contribution in [-0.2, 0) is 11.2 Å². The first kappa shape index (κ1) is 11.2. The highest BCUT2D eigenvalue weighted by Gasteiger charge is 2.14. The number of benzene rings is 1. The predicted octanol–water partition coefficient (Wildman–Crippen LogP) is 2.15. The molecule has 1 unspecified atom stereocenters. The van der Waals surface area contributed by atoms with Crippen molar-refractivity contribution in [3.8, 4) is 0 Å². The maximum absolute atomic E-state index is 11.7. The zero-order valence-electron chi connectivity index (χ0n) is 9.14. The van der Waals surface area contributed by atoms with Gasteiger partial charge in [-0.05, 0) is 18.6 Å². The van der Waals surface area contributed by atoms with E-state index in [4.69, 9.17) is 5.73 Å². The SMILES string of the molecule is CCC(N)C(=O)Cc1nc2ccccc2s1. The lowest BCUT2D eigenvalue weighted by atomic mass is 10.1. The quantitative estimate of drug-likeness (QED) is 0.881. The van der Waals surface area contributed by atoms with Crippen LogP contribution < -0.4 is 5.73 Å². The largest absolute Gasteiger partial charge is 0.322 e. The van der Waals surface area contributed by atoms with Crippen molar-refractivity contribution in [2.75, 3.05) is 0 Å². The average molecular weight is 234 g/mol. The summed E-state index contributed by atoms with van der Waals surface area (Å²) in [6, 6.07) is 7.54. The Balaban J connectivity index is 2.18. The molecule has 0 saturated carbocycles. The van der Waals surface area contributed by atoms with Crippen LogP contribution in [0.4, 0.5) is 0 Å². The minimum Gasteiger partial charge on any atom is -0.322 e. The number of nitrogens with zero attached hydrogens (tertiary/aromatic N) is 1. The minimum atomic E-state index is -0.355. The summed E-state index contributed by atoms with van der Waals surface area (Å²) >= 11 is 1.57. The van der Waals surface area contributed by atoms with Crippen molar-refractivity contribution in [1.82, 2.24) is 4.98 Å². The number of ketones is 1. The van der Waals surface area contributed by atoms with E-state index >= 15 is 0 Å². The molecule has 1 atom stereocenters. The molecular weight excluding hydrogens is 220 g/mol. The van der Waals surface area contributed by atoms with Gasteiger partial charge in [0.1, 0.15) is 5.01 Å². The van der Waals surface area contributed by atoms with Crippen LogP contribution >= 0.6 is 11.3 Å². The molecule has 2 rings (SSSR count). The van der Waals surface area contributed by atoms with E-state index in [0.717, 1.165) is 15.2 Å². The molecule has 0 aliphatic carbocycles. The van der Waals surface area contributed by atoms with Gasteiger partial charge >= 0.3 is 0 Å². The van der Waals surface area contributed by atoms with Crippen molar-refractivity contribution in [2.24, 2.45) is 5.73 Å². The fourth-order valence-electron chi connectivity index (χ4n) is 1.50. The number of hydrogen-bond donors (Lipinski definition) is 1. The summed E-state index contributed by atoms with van der Waals surface area (Å²) in [6.07, 6.45) is 1.04. The average Bonchev–Trinajstić information content (AvgIpc) is 2.69. The standard InChI is InChI=1S/C12H14N2OS/c1-2-8(13)10(15)7-12-14-9-5-3-4-6-11(9)16-12/h3-6,8H,2,7,13H2,1H3. The highest BCUT2D eigenvalue weighted by Crippen LogP contribution is 2.22. The van der Waals surface area contributed by atoms with Gasteiger partial charge in [0.05, 0.1) is 22.7 Å². The highest BCUT2D eigenvalue weighted by molar-refractivity contribution is 7.18. The van der Waals surface area contributed by atoms with Crippen LogP contribution in [0.25, 0.3) is 10.2 Å². The molecule has 0 fully saturated rings. The number of rotatable bonds is 4. The van der Waals surface area contributed by atoms with Crippen LogP contribution in [0.3, 0.4) is 0 Å². The van der Waals surface area contributed by atoms with Gasteiger partial charge < -0.3 is 5.73 Å². The van der Waals surface area contributed by atoms with E-state index in [9.17, 15) is 4.79 Å². The molecule has 0 bridgehead atoms. The second-order valence-electron chi connectivity index (χ2n) is 3.73. The van der Waals surface area contributed by atoms with Crippen LogP contribution in [0, 0.1) is 0 Å². The van der Waals surface area contributed by atoms with E-state index in [0.29, 0.717) is 12.8 Å². The van der Waals surface area contributed by atoms with Crippen LogP contribution in [0.15, 0.2) is 24.3 Å². The van der Waals surface area contributed by atoms with Crippen molar-refractivity contribution >= 4 is 27.3 Å². The molecule has 4 heteroatoms. The van der Waals surface area contributed by atoms with E-state index in [1.54, 1.807) is 11.3 Å². The highest BCUT2D eigenvalue weighted by atomic mass is 32.1. The second kappa shape index (κ2) is 4.72. The van der Waals surface area contributed by atoms with Gasteiger partial charge in [-0.1, -0.05) is 19.1 Å². The molecular formula is C12H14N2OS. The number of hydrogen-bond acceptors (Lipinski definition) is 4. The first-order chi connectivity index (χ1) is 7.70. The van der Waals surface area contributed by atoms with E-state index < -0.39 is 0 Å². The van der Waals surface area contributed by atoms with E-state index in [1.807, 2.05) is 31.2 Å². The van der Waals surface area contributed by atoms with Crippen LogP contribution in [0.2, 0.25) is 0 Å². The molecule has 0 aliphatic heterocycles. The fourth-order valence-corrected chi connectivity index (χ4v) is 2.48. The van der Waals surface area contributed by atoms with Crippen LogP contribution in [0.1, 0.15) is 18.4 Å². The maximum Gasteiger partial charge on any atom is 0.156 e. The Morgan fingerprint density at radius 3 is 2.94 bits per heavy atom. The number of Topliss-reactive ketones (excluding diaryl/α,β-unsaturated/α-hetero) is 1. The molecule has 1 heterocycles. The van der Waals surface area contributed by atoms with Crippen LogP contribution in [0.5, 0.6) is 0 Å². The van der Waals surface area contributed by atoms with Gasteiger partial charge in [0.25, 0.3) is 0 Å². The third kappa shape index (κ3) is 2.28. The molecule has 84 valence electrons. The van der Waals surface area contributed by atoms with Crippen molar-refractivity contribution in [2.45, 2.75) is 25.8 Å². The zero-order chi connectivity index (χ0) is 11.5. The molecule has 0 radical (unpaired) electrons. The number of aromatic nitrogens is 1. The minimum absolute atomic E-state index is 0.0709. The summed E-state index contributed by atoms with van der Waals surface area (Å²) in [5.74, 6) is 0.0709. The Bertz CT molecular complexity index is 473. The molecule has 1 aromatic carbocycles. The van der Waals surface area contributed by atoms with Gasteiger partial charge in [0.15, 0.2) is 5.78 Å². The molecule has 2 aromatic rings. The lowest BCUT2D eigenvalue weighted by Crippen LogP contribution is -2.30. The normalized spacial score (nSPS) is 12.9. The fraction of sp³-hybridized carbons (Fsp3) is 0.333. The van der Waals surface area contributed by atoms with Gasteiger partial charge in [-0.15, -0.1) is 11.3 Å². The molecule has 0 saturated heterocycles. The Hall–Kier alpha value is -1.26. The van der Waals surface area contributed by atoms with E-state index in [-0.39, 0.29) is 11.8 Å². The van der Waals surface area contributed by atoms with Crippen molar-refractivity contribution in [3.05, 3.63) is 29.3 Å². The lowest BCUT2D eigenvalue weighted by molar-refractivity contribution is -0.119. The van der Waals surface area contributed by atoms with Crippen molar-refractivity contribution in [3.63, 3.8) is 0 Å². The summed E-state index contributed by atoms with van der Waals surface area (Å²) in [5.41, 5.74) is 6.64. The Morgan fingerprint density at radius 1 is 1.50 bits per heavy atom. The number of carbonyl (C=O) groups excluding carboxylic acids is 1. The molecule has 0 spiro atoms. The van der Waals surface area contributed by atoms with E-state index in [2.05, 4.69) is 4.98 Å². The first-order valence-electron chi connectivity index (χ1n) is 5.33. The van der Waals surface area contributed by atoms with Gasteiger partial charge in [-0.3, -0.25) is 4.79 Å². The molecule has 3 nitrogen and oxygen atoms in total. The summed E-state index contributed by atoms with van der Waals surface area (Å²) in [7, 11) is 0. The van der Waals surface area contributed by atoms with Gasteiger partial charge in [-0.25, -0.2) is 4.98 Å². The summed E-state index contributed by atoms with van der Waals surface area (Å²) < 4.78 is 1.12. The number of fused-ring (bicyclic) bond motifs is 1. The van der Waals surface area contributed by atoms with E-state index in [1.165, 1.54) is 0 Å². The third-order valence-corrected chi connectivity index (χ3v) is 3.55. The number of thiazole rings is 1. The van der Waals surface area contributed by atoms with Crippen LogP contribution in [-0.4, -0.2) is 16.8 Å². The van der Waals surface area contributed by atoms with Gasteiger partial charge in [0, 0.05) is 0 Å². The first-order valence-corrected chi connectivity index (χ1v) is 6.15. The number of nitrogens with two attached hydrogens (primary N) is 1. The third-order valence-electron chi connectivity index (χ3n) is 2.52. The number of para-hydroxylation sites is 1. The molecule has 2 N–H and O–H groups in total. The van der Waals surface area contributed by atoms with Gasteiger partial charge in [0.2, 0.25) is 0 Å². The van der Waals surface area contributed by atoms with Gasteiger partial charge in [-0.2, -0.15) is 0 Å². The topological polar surface area (TPSA) is 56.0 Å². The summed E-state index contributed by atoms with van der Waals surface area (Å²) in [6.45, 7) is 1.92. The lowest BCUT2D eigenvalue weighted by Gasteiger charge is -2.04. The Morgan fingerprint density at radius 2 is 2.25 bits per heavy atom. The molecule has 0 aliphatic rings. The second-order valence-corrected chi connectivity index (χ2v) is 4.85. The Kier molecular flexibility index (Phi) is 3.31. The van der Waals surface area contributed by atoms with Crippen molar-refractivity contribution < 1.29 is 4.79 Å². The Labute approximate surface area is 98.3 Å². The summed E-state index contributed by atoms with van der Waals surface area (Å²) in [4.78, 5) is 16.1. The number of carbonyl (C=O) groups is 1. The molecule has 16 heavy (non-hydrogen) atoms. The molecule has 1 aromatic heterocycles. The monoisotopic (exact) mass is 234 g/mol. The summed E-state index contributed by atoms with van der Waals surface area (Å²) in [5, 5.41) is 0.857. The zero-order valence-corrected chi connectivity index (χ0v) is 9.96. The predicted molar refractivity (Wildman–Crippen MR) is 66.6 cm³/mol.